The summed E-state index contributed by atoms with van der Waals surface area (Å²) >= 11 is 1.85. The molecule has 6 heteroatoms. The first-order valence-corrected chi connectivity index (χ1v) is 11.5. The number of amides is 2. The molecule has 154 valence electrons. The maximum atomic E-state index is 13.1. The van der Waals surface area contributed by atoms with Crippen LogP contribution in [-0.2, 0) is 9.59 Å². The molecular weight excluding hydrogens is 370 g/mol. The van der Waals surface area contributed by atoms with Gasteiger partial charge in [0.1, 0.15) is 0 Å². The number of likely N-dealkylation sites (tertiary alicyclic amines) is 1. The number of rotatable bonds is 6. The number of hydrogen-bond acceptors (Lipinski definition) is 4. The minimum absolute atomic E-state index is 0.0611. The number of hydrogen-bond donors (Lipinski definition) is 2. The molecule has 2 saturated heterocycles. The maximum absolute atomic E-state index is 13.1. The van der Waals surface area contributed by atoms with Crippen molar-refractivity contribution in [2.45, 2.75) is 56.9 Å². The number of nitrogens with one attached hydrogen (secondary N) is 2. The first-order valence-electron chi connectivity index (χ1n) is 10.5. The molecule has 0 aliphatic carbocycles. The maximum Gasteiger partial charge on any atom is 0.238 e. The Morgan fingerprint density at radius 2 is 1.93 bits per heavy atom. The van der Waals surface area contributed by atoms with E-state index in [1.54, 1.807) is 0 Å². The second-order valence-electron chi connectivity index (χ2n) is 8.34. The van der Waals surface area contributed by atoms with E-state index in [-0.39, 0.29) is 28.6 Å². The summed E-state index contributed by atoms with van der Waals surface area (Å²) in [4.78, 5) is 27.4. The van der Waals surface area contributed by atoms with Crippen molar-refractivity contribution in [3.8, 4) is 0 Å². The average Bonchev–Trinajstić information content (AvgIpc) is 3.11. The molecule has 0 radical (unpaired) electrons. The molecule has 2 fully saturated rings. The van der Waals surface area contributed by atoms with Gasteiger partial charge in [-0.1, -0.05) is 51.1 Å². The first-order chi connectivity index (χ1) is 13.4. The van der Waals surface area contributed by atoms with Crippen LogP contribution in [0.3, 0.4) is 0 Å². The van der Waals surface area contributed by atoms with Gasteiger partial charge in [0.25, 0.3) is 0 Å². The molecule has 2 atom stereocenters. The van der Waals surface area contributed by atoms with E-state index < -0.39 is 0 Å². The second kappa shape index (κ2) is 9.31. The number of thioether (sulfide) groups is 1. The van der Waals surface area contributed by atoms with Crippen LogP contribution in [0.25, 0.3) is 0 Å². The van der Waals surface area contributed by atoms with Gasteiger partial charge in [-0.05, 0) is 30.7 Å². The fourth-order valence-corrected chi connectivity index (χ4v) is 5.47. The molecule has 2 aliphatic heterocycles. The Kier molecular flexibility index (Phi) is 7.05. The van der Waals surface area contributed by atoms with Crippen molar-refractivity contribution < 1.29 is 9.59 Å². The highest BCUT2D eigenvalue weighted by atomic mass is 32.2. The van der Waals surface area contributed by atoms with Crippen molar-refractivity contribution >= 4 is 23.6 Å². The van der Waals surface area contributed by atoms with E-state index in [1.165, 1.54) is 0 Å². The van der Waals surface area contributed by atoms with Gasteiger partial charge in [0.05, 0.1) is 16.8 Å². The Balaban J connectivity index is 1.54. The van der Waals surface area contributed by atoms with Crippen LogP contribution in [-0.4, -0.2) is 53.0 Å². The lowest BCUT2D eigenvalue weighted by molar-refractivity contribution is -0.134. The van der Waals surface area contributed by atoms with E-state index in [1.807, 2.05) is 47.0 Å². The molecule has 1 aromatic carbocycles. The van der Waals surface area contributed by atoms with E-state index in [0.717, 1.165) is 50.2 Å². The standard InChI is InChI=1S/C22H33N3O2S/c1-4-18(17-8-6-5-7-9-17)21(27)25-12-10-22(11-13-25)24-19(15-28-22)20(26)23-14-16(2)3/h5-9,16,18-19,24H,4,10-15H2,1-3H3,(H,23,26). The van der Waals surface area contributed by atoms with Crippen molar-refractivity contribution in [2.24, 2.45) is 5.92 Å². The highest BCUT2D eigenvalue weighted by Gasteiger charge is 2.44. The van der Waals surface area contributed by atoms with Crippen molar-refractivity contribution in [3.05, 3.63) is 35.9 Å². The monoisotopic (exact) mass is 403 g/mol. The van der Waals surface area contributed by atoms with E-state index in [4.69, 9.17) is 0 Å². The predicted octanol–water partition coefficient (Wildman–Crippen LogP) is 2.98. The predicted molar refractivity (Wildman–Crippen MR) is 115 cm³/mol. The van der Waals surface area contributed by atoms with Gasteiger partial charge >= 0.3 is 0 Å². The zero-order chi connectivity index (χ0) is 20.1. The summed E-state index contributed by atoms with van der Waals surface area (Å²) in [6.07, 6.45) is 2.60. The number of carbonyl (C=O) groups is 2. The fourth-order valence-electron chi connectivity index (χ4n) is 4.05. The molecule has 0 saturated carbocycles. The Morgan fingerprint density at radius 3 is 2.54 bits per heavy atom. The highest BCUT2D eigenvalue weighted by Crippen LogP contribution is 2.39. The molecule has 2 heterocycles. The third-order valence-corrected chi connectivity index (χ3v) is 7.33. The second-order valence-corrected chi connectivity index (χ2v) is 9.74. The topological polar surface area (TPSA) is 61.4 Å². The zero-order valence-electron chi connectivity index (χ0n) is 17.2. The Labute approximate surface area is 173 Å². The van der Waals surface area contributed by atoms with E-state index >= 15 is 0 Å². The summed E-state index contributed by atoms with van der Waals surface area (Å²) < 4.78 is 0. The molecule has 2 aliphatic rings. The largest absolute Gasteiger partial charge is 0.354 e. The van der Waals surface area contributed by atoms with Crippen molar-refractivity contribution in [1.29, 1.82) is 0 Å². The van der Waals surface area contributed by atoms with Gasteiger partial charge in [0.15, 0.2) is 0 Å². The molecule has 1 aromatic rings. The lowest BCUT2D eigenvalue weighted by atomic mass is 9.93. The van der Waals surface area contributed by atoms with E-state index in [2.05, 4.69) is 31.4 Å². The Bertz CT molecular complexity index is 672. The number of carbonyl (C=O) groups excluding carboxylic acids is 2. The van der Waals surface area contributed by atoms with E-state index in [9.17, 15) is 9.59 Å². The van der Waals surface area contributed by atoms with Gasteiger partial charge in [-0.25, -0.2) is 0 Å². The van der Waals surface area contributed by atoms with Gasteiger partial charge in [0, 0.05) is 25.4 Å². The Hall–Kier alpha value is -1.53. The van der Waals surface area contributed by atoms with Gasteiger partial charge < -0.3 is 10.2 Å². The highest BCUT2D eigenvalue weighted by molar-refractivity contribution is 8.01. The summed E-state index contributed by atoms with van der Waals surface area (Å²) in [7, 11) is 0. The minimum Gasteiger partial charge on any atom is -0.354 e. The first kappa shape index (κ1) is 21.2. The van der Waals surface area contributed by atoms with E-state index in [0.29, 0.717) is 5.92 Å². The van der Waals surface area contributed by atoms with Crippen molar-refractivity contribution in [1.82, 2.24) is 15.5 Å². The minimum atomic E-state index is -0.126. The van der Waals surface area contributed by atoms with Crippen LogP contribution in [0.5, 0.6) is 0 Å². The fraction of sp³-hybridized carbons (Fsp3) is 0.636. The molecule has 2 N–H and O–H groups in total. The molecular formula is C22H33N3O2S. The van der Waals surface area contributed by atoms with Crippen LogP contribution >= 0.6 is 11.8 Å². The summed E-state index contributed by atoms with van der Waals surface area (Å²) in [6, 6.07) is 9.96. The zero-order valence-corrected chi connectivity index (χ0v) is 18.1. The molecule has 0 aromatic heterocycles. The van der Waals surface area contributed by atoms with Gasteiger partial charge in [0.2, 0.25) is 11.8 Å². The molecule has 2 amide bonds. The van der Waals surface area contributed by atoms with Crippen LogP contribution in [0.2, 0.25) is 0 Å². The number of nitrogens with zero attached hydrogens (tertiary/aromatic N) is 1. The third-order valence-electron chi connectivity index (χ3n) is 5.76. The molecule has 0 bridgehead atoms. The van der Waals surface area contributed by atoms with Gasteiger partial charge in [-0.3, -0.25) is 14.9 Å². The smallest absolute Gasteiger partial charge is 0.238 e. The Morgan fingerprint density at radius 1 is 1.25 bits per heavy atom. The SMILES string of the molecule is CCC(C(=O)N1CCC2(CC1)NC(C(=O)NCC(C)C)CS2)c1ccccc1. The van der Waals surface area contributed by atoms with Crippen molar-refractivity contribution in [2.75, 3.05) is 25.4 Å². The summed E-state index contributed by atoms with van der Waals surface area (Å²) in [5.41, 5.74) is 1.10. The molecule has 28 heavy (non-hydrogen) atoms. The van der Waals surface area contributed by atoms with Crippen LogP contribution in [0.4, 0.5) is 0 Å². The third kappa shape index (κ3) is 4.90. The summed E-state index contributed by atoms with van der Waals surface area (Å²) in [5, 5.41) is 6.61. The average molecular weight is 404 g/mol. The lowest BCUT2D eigenvalue weighted by Gasteiger charge is -2.40. The molecule has 2 unspecified atom stereocenters. The number of benzene rings is 1. The normalized spacial score (nSPS) is 22.4. The lowest BCUT2D eigenvalue weighted by Crippen LogP contribution is -2.55. The summed E-state index contributed by atoms with van der Waals surface area (Å²) in [6.45, 7) is 8.50. The number of piperidine rings is 1. The molecule has 3 rings (SSSR count). The van der Waals surface area contributed by atoms with Crippen LogP contribution < -0.4 is 10.6 Å². The van der Waals surface area contributed by atoms with Gasteiger partial charge in [-0.15, -0.1) is 11.8 Å². The quantitative estimate of drug-likeness (QED) is 0.767. The van der Waals surface area contributed by atoms with Gasteiger partial charge in [-0.2, -0.15) is 0 Å². The summed E-state index contributed by atoms with van der Waals surface area (Å²) in [5.74, 6) is 1.54. The molecule has 5 nitrogen and oxygen atoms in total. The van der Waals surface area contributed by atoms with Crippen LogP contribution in [0.15, 0.2) is 30.3 Å². The van der Waals surface area contributed by atoms with Crippen LogP contribution in [0, 0.1) is 5.92 Å². The van der Waals surface area contributed by atoms with Crippen LogP contribution in [0.1, 0.15) is 51.5 Å². The van der Waals surface area contributed by atoms with Crippen molar-refractivity contribution in [3.63, 3.8) is 0 Å². The molecule has 1 spiro atoms.